The number of nitrogens with zero attached hydrogens (tertiary/aromatic N) is 1. The average molecular weight is 459 g/mol. The van der Waals surface area contributed by atoms with Crippen LogP contribution in [-0.4, -0.2) is 34.4 Å². The molecule has 2 aromatic rings. The Labute approximate surface area is 188 Å². The number of hydrazine groups is 1. The number of nitrogens with one attached hydrogen (secondary N) is 4. The summed E-state index contributed by atoms with van der Waals surface area (Å²) in [7, 11) is 0. The Morgan fingerprint density at radius 1 is 0.906 bits per heavy atom. The van der Waals surface area contributed by atoms with Crippen molar-refractivity contribution in [2.75, 3.05) is 6.61 Å². The third-order valence-corrected chi connectivity index (χ3v) is 4.10. The van der Waals surface area contributed by atoms with E-state index in [9.17, 15) is 24.5 Å². The smallest absolute Gasteiger partial charge is 0.269 e. The Balaban J connectivity index is 1.59. The molecule has 0 spiro atoms. The van der Waals surface area contributed by atoms with E-state index in [1.807, 2.05) is 30.3 Å². The molecule has 11 nitrogen and oxygen atoms in total. The summed E-state index contributed by atoms with van der Waals surface area (Å²) >= 11 is 4.89. The van der Waals surface area contributed by atoms with E-state index in [2.05, 4.69) is 21.5 Å². The van der Waals surface area contributed by atoms with Crippen LogP contribution in [0.25, 0.3) is 0 Å². The van der Waals surface area contributed by atoms with Crippen LogP contribution in [0.2, 0.25) is 0 Å². The fraction of sp³-hybridized carbons (Fsp3) is 0.200. The van der Waals surface area contributed by atoms with Gasteiger partial charge in [-0.15, -0.1) is 0 Å². The van der Waals surface area contributed by atoms with Crippen molar-refractivity contribution in [1.82, 2.24) is 21.5 Å². The van der Waals surface area contributed by atoms with Crippen molar-refractivity contribution in [3.8, 4) is 5.75 Å². The summed E-state index contributed by atoms with van der Waals surface area (Å²) < 4.78 is 5.20. The number of amides is 3. The first-order valence-corrected chi connectivity index (χ1v) is 9.81. The maximum absolute atomic E-state index is 11.8. The summed E-state index contributed by atoms with van der Waals surface area (Å²) in [6.45, 7) is -0.0211. The summed E-state index contributed by atoms with van der Waals surface area (Å²) in [5.41, 5.74) is 5.48. The number of nitro groups is 1. The van der Waals surface area contributed by atoms with E-state index in [4.69, 9.17) is 17.0 Å². The minimum absolute atomic E-state index is 0.0114. The Kier molecular flexibility index (Phi) is 9.53. The van der Waals surface area contributed by atoms with E-state index in [0.717, 1.165) is 5.56 Å². The molecule has 0 heterocycles. The lowest BCUT2D eigenvalue weighted by molar-refractivity contribution is -0.384. The number of hydrogen-bond donors (Lipinski definition) is 4. The monoisotopic (exact) mass is 459 g/mol. The molecule has 0 atom stereocenters. The Morgan fingerprint density at radius 3 is 2.22 bits per heavy atom. The minimum atomic E-state index is -0.601. The van der Waals surface area contributed by atoms with E-state index in [0.29, 0.717) is 6.54 Å². The van der Waals surface area contributed by atoms with Gasteiger partial charge in [0, 0.05) is 31.5 Å². The van der Waals surface area contributed by atoms with Gasteiger partial charge in [0.05, 0.1) is 4.92 Å². The van der Waals surface area contributed by atoms with E-state index in [1.54, 1.807) is 0 Å². The summed E-state index contributed by atoms with van der Waals surface area (Å²) in [6, 6.07) is 14.6. The third kappa shape index (κ3) is 9.17. The van der Waals surface area contributed by atoms with Gasteiger partial charge in [-0.1, -0.05) is 30.3 Å². The van der Waals surface area contributed by atoms with Gasteiger partial charge in [0.2, 0.25) is 11.8 Å². The number of benzene rings is 2. The van der Waals surface area contributed by atoms with Crippen LogP contribution in [0.15, 0.2) is 54.6 Å². The molecule has 0 aliphatic rings. The van der Waals surface area contributed by atoms with Gasteiger partial charge >= 0.3 is 0 Å². The predicted molar refractivity (Wildman–Crippen MR) is 118 cm³/mol. The van der Waals surface area contributed by atoms with Crippen LogP contribution in [0.1, 0.15) is 18.4 Å². The molecule has 0 radical (unpaired) electrons. The molecule has 3 amide bonds. The second kappa shape index (κ2) is 12.6. The first kappa shape index (κ1) is 24.2. The Morgan fingerprint density at radius 2 is 1.56 bits per heavy atom. The standard InChI is InChI=1S/C20H21N5O6S/c26-17(21-12-14-4-2-1-3-5-14)10-11-18(27)23-24-20(32)22-19(28)13-31-16-8-6-15(7-9-16)25(29)30/h1-9H,10-13H2,(H,21,26)(H,23,27)(H2,22,24,28,32). The van der Waals surface area contributed by atoms with Crippen LogP contribution in [0.3, 0.4) is 0 Å². The topological polar surface area (TPSA) is 152 Å². The van der Waals surface area contributed by atoms with Crippen molar-refractivity contribution in [1.29, 1.82) is 0 Å². The highest BCUT2D eigenvalue weighted by Crippen LogP contribution is 2.16. The number of carbonyl (C=O) groups is 3. The van der Waals surface area contributed by atoms with Crippen molar-refractivity contribution in [3.05, 3.63) is 70.3 Å². The highest BCUT2D eigenvalue weighted by atomic mass is 32.1. The van der Waals surface area contributed by atoms with E-state index in [-0.39, 0.29) is 35.3 Å². The molecule has 12 heteroatoms. The molecule has 0 aromatic heterocycles. The quantitative estimate of drug-likeness (QED) is 0.247. The highest BCUT2D eigenvalue weighted by Gasteiger charge is 2.10. The number of non-ortho nitro benzene ring substituents is 1. The van der Waals surface area contributed by atoms with Gasteiger partial charge in [-0.2, -0.15) is 0 Å². The average Bonchev–Trinajstić information content (AvgIpc) is 2.79. The lowest BCUT2D eigenvalue weighted by Crippen LogP contribution is -2.49. The molecule has 0 bridgehead atoms. The van der Waals surface area contributed by atoms with Crippen LogP contribution in [0.5, 0.6) is 5.75 Å². The van der Waals surface area contributed by atoms with Crippen LogP contribution in [-0.2, 0) is 20.9 Å². The van der Waals surface area contributed by atoms with Crippen LogP contribution in [0, 0.1) is 10.1 Å². The van der Waals surface area contributed by atoms with Crippen molar-refractivity contribution in [2.45, 2.75) is 19.4 Å². The summed E-state index contributed by atoms with van der Waals surface area (Å²) in [5.74, 6) is -1.10. The van der Waals surface area contributed by atoms with Crippen LogP contribution < -0.4 is 26.2 Å². The molecule has 0 unspecified atom stereocenters. The van der Waals surface area contributed by atoms with Gasteiger partial charge in [0.25, 0.3) is 11.6 Å². The van der Waals surface area contributed by atoms with Crippen LogP contribution in [0.4, 0.5) is 5.69 Å². The van der Waals surface area contributed by atoms with Crippen molar-refractivity contribution >= 4 is 40.7 Å². The lowest BCUT2D eigenvalue weighted by atomic mass is 10.2. The normalized spacial score (nSPS) is 9.88. The maximum atomic E-state index is 11.8. The Hall–Kier alpha value is -4.06. The number of hydrogen-bond acceptors (Lipinski definition) is 7. The SMILES string of the molecule is O=C(CCC(=O)NNC(=S)NC(=O)COc1ccc([N+](=O)[O-])cc1)NCc1ccccc1. The molecular weight excluding hydrogens is 438 g/mol. The minimum Gasteiger partial charge on any atom is -0.484 e. The molecule has 0 aliphatic carbocycles. The molecule has 0 saturated heterocycles. The summed E-state index contributed by atoms with van der Waals surface area (Å²) in [5, 5.41) is 15.4. The van der Waals surface area contributed by atoms with Gasteiger partial charge in [-0.3, -0.25) is 40.7 Å². The highest BCUT2D eigenvalue weighted by molar-refractivity contribution is 7.80. The molecule has 2 rings (SSSR count). The fourth-order valence-electron chi connectivity index (χ4n) is 2.31. The van der Waals surface area contributed by atoms with E-state index in [1.165, 1.54) is 24.3 Å². The summed E-state index contributed by atoms with van der Waals surface area (Å²) in [4.78, 5) is 45.5. The molecule has 0 saturated carbocycles. The first-order valence-electron chi connectivity index (χ1n) is 9.40. The van der Waals surface area contributed by atoms with Gasteiger partial charge in [0.1, 0.15) is 5.75 Å². The molecular formula is C20H21N5O6S. The van der Waals surface area contributed by atoms with Gasteiger partial charge in [-0.05, 0) is 29.9 Å². The van der Waals surface area contributed by atoms with E-state index < -0.39 is 23.3 Å². The zero-order chi connectivity index (χ0) is 23.3. The predicted octanol–water partition coefficient (Wildman–Crippen LogP) is 1.09. The zero-order valence-electron chi connectivity index (χ0n) is 16.8. The lowest BCUT2D eigenvalue weighted by Gasteiger charge is -2.11. The number of carbonyl (C=O) groups excluding carboxylic acids is 3. The first-order chi connectivity index (χ1) is 15.3. The largest absolute Gasteiger partial charge is 0.484 e. The summed E-state index contributed by atoms with van der Waals surface area (Å²) in [6.07, 6.45) is -0.0873. The van der Waals surface area contributed by atoms with Gasteiger partial charge in [0.15, 0.2) is 11.7 Å². The number of nitro benzene ring substituents is 1. The van der Waals surface area contributed by atoms with E-state index >= 15 is 0 Å². The second-order valence-corrected chi connectivity index (χ2v) is 6.76. The fourth-order valence-corrected chi connectivity index (χ4v) is 2.47. The van der Waals surface area contributed by atoms with Crippen molar-refractivity contribution in [2.24, 2.45) is 0 Å². The molecule has 2 aromatic carbocycles. The molecule has 0 aliphatic heterocycles. The third-order valence-electron chi connectivity index (χ3n) is 3.90. The molecule has 32 heavy (non-hydrogen) atoms. The second-order valence-electron chi connectivity index (χ2n) is 6.35. The maximum Gasteiger partial charge on any atom is 0.269 e. The number of rotatable bonds is 9. The van der Waals surface area contributed by atoms with Gasteiger partial charge < -0.3 is 10.1 Å². The van der Waals surface area contributed by atoms with Crippen molar-refractivity contribution in [3.63, 3.8) is 0 Å². The molecule has 0 fully saturated rings. The van der Waals surface area contributed by atoms with Crippen molar-refractivity contribution < 1.29 is 24.0 Å². The number of ether oxygens (including phenoxy) is 1. The number of thiocarbonyl (C=S) groups is 1. The van der Waals surface area contributed by atoms with Gasteiger partial charge in [-0.25, -0.2) is 0 Å². The molecule has 168 valence electrons. The Bertz CT molecular complexity index is 968. The molecule has 4 N–H and O–H groups in total. The zero-order valence-corrected chi connectivity index (χ0v) is 17.6. The van der Waals surface area contributed by atoms with Crippen LogP contribution >= 0.6 is 12.2 Å².